The Morgan fingerprint density at radius 3 is 2.00 bits per heavy atom. The van der Waals surface area contributed by atoms with Crippen molar-refractivity contribution in [1.82, 2.24) is 4.90 Å². The molecule has 0 radical (unpaired) electrons. The summed E-state index contributed by atoms with van der Waals surface area (Å²) >= 11 is 0. The molecule has 0 aliphatic rings. The van der Waals surface area contributed by atoms with E-state index >= 15 is 0 Å². The fraction of sp³-hybridized carbons (Fsp3) is 0.400. The average molecular weight is 151 g/mol. The molecule has 0 fully saturated rings. The summed E-state index contributed by atoms with van der Waals surface area (Å²) < 4.78 is 0. The predicted molar refractivity (Wildman–Crippen MR) is 51.6 cm³/mol. The van der Waals surface area contributed by atoms with Gasteiger partial charge in [0.1, 0.15) is 0 Å². The van der Waals surface area contributed by atoms with Crippen molar-refractivity contribution in [1.29, 1.82) is 0 Å². The molecule has 0 aromatic carbocycles. The average Bonchev–Trinajstić information content (AvgIpc) is 1.87. The van der Waals surface area contributed by atoms with Gasteiger partial charge in [0.15, 0.2) is 0 Å². The molecule has 62 valence electrons. The van der Waals surface area contributed by atoms with Crippen molar-refractivity contribution in [3.8, 4) is 0 Å². The van der Waals surface area contributed by atoms with E-state index in [4.69, 9.17) is 0 Å². The van der Waals surface area contributed by atoms with Gasteiger partial charge in [-0.15, -0.1) is 13.2 Å². The van der Waals surface area contributed by atoms with Gasteiger partial charge in [-0.2, -0.15) is 0 Å². The molecule has 0 bridgehead atoms. The minimum Gasteiger partial charge on any atom is -0.292 e. The largest absolute Gasteiger partial charge is 0.292 e. The van der Waals surface area contributed by atoms with E-state index in [9.17, 15) is 0 Å². The Kier molecular flexibility index (Phi) is 5.49. The molecule has 0 atom stereocenters. The van der Waals surface area contributed by atoms with Crippen LogP contribution in [0.1, 0.15) is 6.92 Å². The van der Waals surface area contributed by atoms with E-state index in [2.05, 4.69) is 24.6 Å². The van der Waals surface area contributed by atoms with Crippen LogP contribution in [0.25, 0.3) is 0 Å². The monoisotopic (exact) mass is 151 g/mol. The third-order valence-electron chi connectivity index (χ3n) is 1.27. The quantitative estimate of drug-likeness (QED) is 0.526. The van der Waals surface area contributed by atoms with Gasteiger partial charge in [-0.05, 0) is 6.92 Å². The Bertz CT molecular complexity index is 137. The molecule has 0 saturated carbocycles. The van der Waals surface area contributed by atoms with Gasteiger partial charge >= 0.3 is 0 Å². The van der Waals surface area contributed by atoms with Crippen molar-refractivity contribution < 1.29 is 0 Å². The molecule has 0 heterocycles. The summed E-state index contributed by atoms with van der Waals surface area (Å²) in [6, 6.07) is 0. The summed E-state index contributed by atoms with van der Waals surface area (Å²) in [7, 11) is 0. The maximum Gasteiger partial charge on any atom is 0.0194 e. The van der Waals surface area contributed by atoms with E-state index in [1.54, 1.807) is 0 Å². The Hall–Kier alpha value is -0.820. The maximum absolute atomic E-state index is 3.85. The first-order chi connectivity index (χ1) is 5.20. The molecular weight excluding hydrogens is 134 g/mol. The molecule has 0 aromatic rings. The number of hydrogen-bond acceptors (Lipinski definition) is 1. The van der Waals surface area contributed by atoms with Crippen LogP contribution >= 0.6 is 0 Å². The highest BCUT2D eigenvalue weighted by Gasteiger charge is 1.98. The summed E-state index contributed by atoms with van der Waals surface area (Å²) in [6.45, 7) is 16.0. The summed E-state index contributed by atoms with van der Waals surface area (Å²) in [6.07, 6.45) is 3.79. The molecule has 1 nitrogen and oxygen atoms in total. The molecule has 1 heteroatoms. The zero-order chi connectivity index (χ0) is 8.69. The van der Waals surface area contributed by atoms with Crippen LogP contribution in [-0.2, 0) is 0 Å². The molecule has 0 rings (SSSR count). The van der Waals surface area contributed by atoms with Crippen molar-refractivity contribution in [3.05, 3.63) is 37.5 Å². The first kappa shape index (κ1) is 10.2. The molecule has 0 saturated heterocycles. The molecule has 0 unspecified atom stereocenters. The Labute approximate surface area is 69.7 Å². The van der Waals surface area contributed by atoms with E-state index in [1.807, 2.05) is 19.1 Å². The molecule has 0 aliphatic heterocycles. The highest BCUT2D eigenvalue weighted by molar-refractivity contribution is 4.94. The third-order valence-corrected chi connectivity index (χ3v) is 1.27. The fourth-order valence-electron chi connectivity index (χ4n) is 0.951. The van der Waals surface area contributed by atoms with Crippen LogP contribution in [0, 0.1) is 0 Å². The SMILES string of the molecule is C=CCN(CC=C)CC(=C)C. The second-order valence-corrected chi connectivity index (χ2v) is 2.73. The zero-order valence-corrected chi connectivity index (χ0v) is 7.34. The van der Waals surface area contributed by atoms with Crippen molar-refractivity contribution in [2.75, 3.05) is 19.6 Å². The lowest BCUT2D eigenvalue weighted by molar-refractivity contribution is 0.365. The Morgan fingerprint density at radius 2 is 1.73 bits per heavy atom. The van der Waals surface area contributed by atoms with E-state index < -0.39 is 0 Å². The summed E-state index contributed by atoms with van der Waals surface area (Å²) in [5.74, 6) is 0. The summed E-state index contributed by atoms with van der Waals surface area (Å²) in [5.41, 5.74) is 1.17. The van der Waals surface area contributed by atoms with Crippen LogP contribution in [-0.4, -0.2) is 24.5 Å². The zero-order valence-electron chi connectivity index (χ0n) is 7.34. The summed E-state index contributed by atoms with van der Waals surface area (Å²) in [5, 5.41) is 0. The van der Waals surface area contributed by atoms with Crippen molar-refractivity contribution in [2.45, 2.75) is 6.92 Å². The van der Waals surface area contributed by atoms with E-state index in [0.717, 1.165) is 19.6 Å². The minimum absolute atomic E-state index is 0.902. The van der Waals surface area contributed by atoms with Crippen LogP contribution in [0.4, 0.5) is 0 Å². The van der Waals surface area contributed by atoms with Crippen LogP contribution < -0.4 is 0 Å². The lowest BCUT2D eigenvalue weighted by Crippen LogP contribution is -2.25. The summed E-state index contributed by atoms with van der Waals surface area (Å²) in [4.78, 5) is 2.22. The van der Waals surface area contributed by atoms with Gasteiger partial charge in [0.2, 0.25) is 0 Å². The first-order valence-electron chi connectivity index (χ1n) is 3.79. The van der Waals surface area contributed by atoms with E-state index in [1.165, 1.54) is 5.57 Å². The molecule has 0 N–H and O–H groups in total. The predicted octanol–water partition coefficient (Wildman–Crippen LogP) is 2.24. The number of hydrogen-bond donors (Lipinski definition) is 0. The second kappa shape index (κ2) is 5.93. The topological polar surface area (TPSA) is 3.24 Å². The smallest absolute Gasteiger partial charge is 0.0194 e. The van der Waals surface area contributed by atoms with E-state index in [0.29, 0.717) is 0 Å². The van der Waals surface area contributed by atoms with Gasteiger partial charge in [0.05, 0.1) is 0 Å². The Balaban J connectivity index is 3.76. The van der Waals surface area contributed by atoms with Gasteiger partial charge < -0.3 is 0 Å². The maximum atomic E-state index is 3.85. The van der Waals surface area contributed by atoms with Crippen LogP contribution in [0.2, 0.25) is 0 Å². The molecule has 0 aromatic heterocycles. The van der Waals surface area contributed by atoms with Crippen LogP contribution in [0.3, 0.4) is 0 Å². The van der Waals surface area contributed by atoms with Crippen molar-refractivity contribution in [2.24, 2.45) is 0 Å². The standard InChI is InChI=1S/C10H17N/c1-5-7-11(8-6-2)9-10(3)4/h5-6H,1-3,7-9H2,4H3. The van der Waals surface area contributed by atoms with Gasteiger partial charge in [-0.3, -0.25) is 4.90 Å². The minimum atomic E-state index is 0.902. The lowest BCUT2D eigenvalue weighted by Gasteiger charge is -2.17. The van der Waals surface area contributed by atoms with Crippen molar-refractivity contribution >= 4 is 0 Å². The molecule has 0 spiro atoms. The van der Waals surface area contributed by atoms with E-state index in [-0.39, 0.29) is 0 Å². The number of rotatable bonds is 6. The highest BCUT2D eigenvalue weighted by Crippen LogP contribution is 1.95. The normalized spacial score (nSPS) is 9.64. The van der Waals surface area contributed by atoms with Gasteiger partial charge in [0, 0.05) is 19.6 Å². The third kappa shape index (κ3) is 5.62. The lowest BCUT2D eigenvalue weighted by atomic mass is 10.3. The van der Waals surface area contributed by atoms with Crippen LogP contribution in [0.5, 0.6) is 0 Å². The molecule has 0 aliphatic carbocycles. The number of nitrogens with zero attached hydrogens (tertiary/aromatic N) is 1. The van der Waals surface area contributed by atoms with Gasteiger partial charge in [-0.25, -0.2) is 0 Å². The Morgan fingerprint density at radius 1 is 1.27 bits per heavy atom. The first-order valence-corrected chi connectivity index (χ1v) is 3.79. The van der Waals surface area contributed by atoms with Crippen LogP contribution in [0.15, 0.2) is 37.5 Å². The second-order valence-electron chi connectivity index (χ2n) is 2.73. The fourth-order valence-corrected chi connectivity index (χ4v) is 0.951. The van der Waals surface area contributed by atoms with Gasteiger partial charge in [-0.1, -0.05) is 24.3 Å². The molecular formula is C10H17N. The van der Waals surface area contributed by atoms with Crippen molar-refractivity contribution in [3.63, 3.8) is 0 Å². The molecule has 11 heavy (non-hydrogen) atoms. The highest BCUT2D eigenvalue weighted by atomic mass is 15.1. The van der Waals surface area contributed by atoms with Gasteiger partial charge in [0.25, 0.3) is 0 Å². The molecule has 0 amide bonds.